The quantitative estimate of drug-likeness (QED) is 0.0400. The maximum absolute atomic E-state index is 11.1. The number of aromatic hydroxyl groups is 6. The molecule has 0 aromatic heterocycles. The second-order valence-electron chi connectivity index (χ2n) is 26.4. The summed E-state index contributed by atoms with van der Waals surface area (Å²) < 4.78 is 0. The van der Waals surface area contributed by atoms with Gasteiger partial charge < -0.3 is 65.0 Å². The molecule has 6 aromatic rings. The van der Waals surface area contributed by atoms with E-state index in [0.29, 0.717) is 28.0 Å². The maximum Gasteiger partial charge on any atom is 0.259 e. The topological polar surface area (TPSA) is 523 Å². The van der Waals surface area contributed by atoms with Crippen molar-refractivity contribution in [2.75, 3.05) is 0 Å². The van der Waals surface area contributed by atoms with Gasteiger partial charge in [0.05, 0.1) is 0 Å². The van der Waals surface area contributed by atoms with Crippen molar-refractivity contribution in [3.05, 3.63) is 206 Å². The lowest BCUT2D eigenvalue weighted by atomic mass is 9.87. The molecule has 0 heterocycles. The Labute approximate surface area is 625 Å². The van der Waals surface area contributed by atoms with E-state index in [1.54, 1.807) is 84.9 Å². The van der Waals surface area contributed by atoms with Crippen molar-refractivity contribution < 1.29 is 59.4 Å². The van der Waals surface area contributed by atoms with Crippen LogP contribution in [0.1, 0.15) is 177 Å². The highest BCUT2D eigenvalue weighted by molar-refractivity contribution is 6.04. The third-order valence-corrected chi connectivity index (χ3v) is 19.2. The molecule has 0 radical (unpaired) electrons. The van der Waals surface area contributed by atoms with Crippen molar-refractivity contribution in [1.82, 2.24) is 0 Å². The molecule has 24 nitrogen and oxygen atoms in total. The first-order valence-corrected chi connectivity index (χ1v) is 35.3. The molecule has 0 saturated heterocycles. The van der Waals surface area contributed by atoms with Gasteiger partial charge in [0, 0.05) is 16.7 Å². The third kappa shape index (κ3) is 21.9. The molecule has 6 amide bonds. The fourth-order valence-electron chi connectivity index (χ4n) is 13.7. The molecule has 0 unspecified atom stereocenters. The molecule has 0 atom stereocenters. The summed E-state index contributed by atoms with van der Waals surface area (Å²) in [7, 11) is 0. The monoisotopic (exact) mass is 1450 g/mol. The average molecular weight is 1450 g/mol. The first-order chi connectivity index (χ1) is 51.7. The highest BCUT2D eigenvalue weighted by atomic mass is 16.3. The number of primary amides is 6. The van der Waals surface area contributed by atoms with Crippen molar-refractivity contribution >= 4 is 71.9 Å². The number of fused-ring (bicyclic) bond motifs is 6. The summed E-state index contributed by atoms with van der Waals surface area (Å²) in [6, 6.07) is 31.4. The first-order valence-electron chi connectivity index (χ1n) is 35.3. The summed E-state index contributed by atoms with van der Waals surface area (Å²) >= 11 is 0. The van der Waals surface area contributed by atoms with Crippen LogP contribution in [0.2, 0.25) is 0 Å². The summed E-state index contributed by atoms with van der Waals surface area (Å²) in [5.41, 5.74) is 46.4. The lowest BCUT2D eigenvalue weighted by Gasteiger charge is -2.19. The van der Waals surface area contributed by atoms with E-state index in [-0.39, 0.29) is 62.2 Å². The molecule has 552 valence electrons. The van der Waals surface area contributed by atoms with Gasteiger partial charge in [0.2, 0.25) is 0 Å². The number of carbonyl (C=O) groups is 6. The van der Waals surface area contributed by atoms with E-state index < -0.39 is 35.4 Å². The SMILES string of the molecule is N#CC(=Cc1c(O)ccc2c1CCCC2)C(N)=O.N#CC(=Cc1cc(O)c2c(c1)CCCC2)C(N)=O.N#CC(=Cc1cc(O)cc2c1CCCC2)C(N)=O.N#CC(=Cc1cc2c(cc1O)CCCC2)C(N)=O.N#CC(=Cc1ccc(O)c2c1CCCC2)C(N)=O.N#CC(=Cc1ccc2c(c1O)CCCC2)C(N)=O. The normalized spacial score (nSPS) is 14.7. The largest absolute Gasteiger partial charge is 0.508 e. The minimum absolute atomic E-state index is 0.0616. The predicted octanol–water partition coefficient (Wildman–Crippen LogP) is 9.98. The van der Waals surface area contributed by atoms with Gasteiger partial charge in [-0.3, -0.25) is 28.8 Å². The van der Waals surface area contributed by atoms with Crippen LogP contribution in [-0.4, -0.2) is 66.1 Å². The van der Waals surface area contributed by atoms with Crippen LogP contribution >= 0.6 is 0 Å². The number of nitrogens with two attached hydrogens (primary N) is 6. The van der Waals surface area contributed by atoms with Gasteiger partial charge in [0.15, 0.2) is 0 Å². The van der Waals surface area contributed by atoms with Crippen molar-refractivity contribution in [2.45, 2.75) is 154 Å². The second kappa shape index (κ2) is 39.3. The van der Waals surface area contributed by atoms with Gasteiger partial charge in [-0.2, -0.15) is 31.6 Å². The van der Waals surface area contributed by atoms with Crippen LogP contribution in [-0.2, 0) is 106 Å². The lowest BCUT2D eigenvalue weighted by molar-refractivity contribution is -0.115. The van der Waals surface area contributed by atoms with Crippen LogP contribution in [0.3, 0.4) is 0 Å². The van der Waals surface area contributed by atoms with E-state index in [1.165, 1.54) is 47.6 Å². The van der Waals surface area contributed by atoms with Gasteiger partial charge >= 0.3 is 0 Å². The van der Waals surface area contributed by atoms with Crippen LogP contribution in [0.5, 0.6) is 34.5 Å². The molecule has 108 heavy (non-hydrogen) atoms. The number of phenolic OH excluding ortho intramolecular Hbond substituents is 6. The fraction of sp³-hybridized carbons (Fsp3) is 0.286. The molecule has 0 saturated carbocycles. The molecule has 0 bridgehead atoms. The Morgan fingerprint density at radius 2 is 0.639 bits per heavy atom. The van der Waals surface area contributed by atoms with Crippen LogP contribution in [0.15, 0.2) is 106 Å². The highest BCUT2D eigenvalue weighted by Crippen LogP contribution is 2.38. The van der Waals surface area contributed by atoms with Crippen molar-refractivity contribution in [3.63, 3.8) is 0 Å². The zero-order valence-electron chi connectivity index (χ0n) is 59.6. The van der Waals surface area contributed by atoms with E-state index in [9.17, 15) is 59.4 Å². The van der Waals surface area contributed by atoms with Gasteiger partial charge in [-0.05, 0) is 316 Å². The Balaban J connectivity index is 0.000000180. The Morgan fingerprint density at radius 1 is 0.278 bits per heavy atom. The van der Waals surface area contributed by atoms with Gasteiger partial charge in [-0.25, -0.2) is 0 Å². The Morgan fingerprint density at radius 3 is 1.16 bits per heavy atom. The number of aryl methyl sites for hydroxylation is 6. The number of phenols is 6. The van der Waals surface area contributed by atoms with E-state index in [0.717, 1.165) is 221 Å². The number of carbonyl (C=O) groups excluding carboxylic acids is 6. The third-order valence-electron chi connectivity index (χ3n) is 19.2. The number of nitrogens with zero attached hydrogens (tertiary/aromatic N) is 6. The summed E-state index contributed by atoms with van der Waals surface area (Å²) in [6.07, 6.45) is 32.4. The minimum atomic E-state index is -0.783. The molecule has 18 N–H and O–H groups in total. The maximum atomic E-state index is 11.1. The molecule has 0 aliphatic heterocycles. The summed E-state index contributed by atoms with van der Waals surface area (Å²) in [6.45, 7) is 0. The van der Waals surface area contributed by atoms with Crippen molar-refractivity contribution in [3.8, 4) is 70.9 Å². The van der Waals surface area contributed by atoms with E-state index in [4.69, 9.17) is 66.0 Å². The van der Waals surface area contributed by atoms with Crippen LogP contribution < -0.4 is 34.4 Å². The number of amides is 6. The highest BCUT2D eigenvalue weighted by Gasteiger charge is 2.23. The smallest absolute Gasteiger partial charge is 0.259 e. The molecule has 6 aliphatic rings. The van der Waals surface area contributed by atoms with Gasteiger partial charge in [-0.1, -0.05) is 30.3 Å². The Kier molecular flexibility index (Phi) is 29.7. The molecule has 6 aliphatic carbocycles. The molecular formula is C84H84N12O12. The van der Waals surface area contributed by atoms with Crippen molar-refractivity contribution in [1.29, 1.82) is 31.6 Å². The second-order valence-corrected chi connectivity index (χ2v) is 26.4. The van der Waals surface area contributed by atoms with Gasteiger partial charge in [0.1, 0.15) is 104 Å². The van der Waals surface area contributed by atoms with Crippen molar-refractivity contribution in [2.24, 2.45) is 34.4 Å². The Bertz CT molecular complexity index is 4960. The van der Waals surface area contributed by atoms with Gasteiger partial charge in [-0.15, -0.1) is 0 Å². The molecule has 12 rings (SSSR count). The van der Waals surface area contributed by atoms with E-state index in [1.807, 2.05) is 24.3 Å². The predicted molar refractivity (Wildman–Crippen MR) is 405 cm³/mol. The Hall–Kier alpha value is -13.7. The first kappa shape index (κ1) is 81.6. The number of hydrogen-bond donors (Lipinski definition) is 12. The van der Waals surface area contributed by atoms with E-state index in [2.05, 4.69) is 0 Å². The fourth-order valence-corrected chi connectivity index (χ4v) is 13.7. The minimum Gasteiger partial charge on any atom is -0.508 e. The zero-order chi connectivity index (χ0) is 78.7. The molecule has 24 heteroatoms. The summed E-state index contributed by atoms with van der Waals surface area (Å²) in [4.78, 5) is 66.1. The van der Waals surface area contributed by atoms with Crippen LogP contribution in [0.4, 0.5) is 0 Å². The zero-order valence-corrected chi connectivity index (χ0v) is 59.6. The number of hydrogen-bond acceptors (Lipinski definition) is 18. The van der Waals surface area contributed by atoms with Crippen LogP contribution in [0, 0.1) is 68.0 Å². The summed E-state index contributed by atoms with van der Waals surface area (Å²) in [5, 5.41) is 112. The standard InChI is InChI=1S/6C14H14N2O2/c15-8-11(14(16)18)6-9-5-10-3-1-2-4-12(10)13(17)7-9;15-8-11(14(16)18)5-10-7-12(17)6-9-3-1-2-4-13(9)10;15-8-12(14(16)18)6-11-5-9-3-1-2-4-10(9)7-13(11)17;15-8-10(14(16)18)7-9-5-6-13(17)12-4-2-1-3-11(9)12;15-8-10(14(16)18)7-12-11-4-2-1-3-9(11)5-6-13(12)17;15-8-11(14(16)18)7-10-6-5-9-3-1-2-4-12(9)13(10)17/h6*5-7,17H,1-4H2,(H2,16,18). The number of rotatable bonds is 12. The number of nitriles is 6. The molecule has 0 spiro atoms. The van der Waals surface area contributed by atoms with E-state index >= 15 is 0 Å². The molecular weight excluding hydrogens is 1370 g/mol. The van der Waals surface area contributed by atoms with Gasteiger partial charge in [0.25, 0.3) is 35.4 Å². The van der Waals surface area contributed by atoms with Crippen LogP contribution in [0.25, 0.3) is 36.5 Å². The average Bonchev–Trinajstić information content (AvgIpc) is 0.809. The molecule has 0 fully saturated rings. The summed E-state index contributed by atoms with van der Waals surface area (Å²) in [5.74, 6) is -3.54. The number of benzene rings is 6. The molecule has 6 aromatic carbocycles. The lowest BCUT2D eigenvalue weighted by Crippen LogP contribution is -2.13.